The van der Waals surface area contributed by atoms with Crippen molar-refractivity contribution >= 4 is 0 Å². The van der Waals surface area contributed by atoms with Crippen LogP contribution in [0.1, 0.15) is 40.5 Å². The minimum absolute atomic E-state index is 0. The Morgan fingerprint density at radius 3 is 1.11 bits per heavy atom. The maximum absolute atomic E-state index is 9.53. The van der Waals surface area contributed by atoms with E-state index in [-0.39, 0.29) is 26.2 Å². The largest absolute Gasteiger partial charge is 4.00 e. The molecule has 0 atom stereocenters. The zero-order valence-electron chi connectivity index (χ0n) is 12.3. The van der Waals surface area contributed by atoms with Gasteiger partial charge in [0.15, 0.2) is 0 Å². The summed E-state index contributed by atoms with van der Waals surface area (Å²) >= 11 is 0. The molecule has 0 amide bonds. The van der Waals surface area contributed by atoms with Crippen molar-refractivity contribution in [1.29, 1.82) is 0 Å². The van der Waals surface area contributed by atoms with Crippen LogP contribution in [0.3, 0.4) is 0 Å². The fourth-order valence-corrected chi connectivity index (χ4v) is 0.680. The number of hydrogen-bond acceptors (Lipinski definition) is 2. The normalized spacial score (nSPS) is 13.1. The van der Waals surface area contributed by atoms with E-state index in [1.807, 2.05) is 24.3 Å². The molecule has 0 unspecified atom stereocenters. The van der Waals surface area contributed by atoms with Gasteiger partial charge in [0, 0.05) is 0 Å². The van der Waals surface area contributed by atoms with Crippen molar-refractivity contribution in [3.05, 3.63) is 48.6 Å². The fourth-order valence-electron chi connectivity index (χ4n) is 0.680. The predicted octanol–water partition coefficient (Wildman–Crippen LogP) is 2.12. The van der Waals surface area contributed by atoms with Crippen LogP contribution < -0.4 is 10.2 Å². The monoisotopic (exact) mass is 338 g/mol. The van der Waals surface area contributed by atoms with Gasteiger partial charge in [0.25, 0.3) is 0 Å². The van der Waals surface area contributed by atoms with Gasteiger partial charge in [0.05, 0.1) is 0 Å². The Labute approximate surface area is 137 Å². The van der Waals surface area contributed by atoms with Gasteiger partial charge >= 0.3 is 26.2 Å². The molecule has 0 fully saturated rings. The van der Waals surface area contributed by atoms with Crippen molar-refractivity contribution < 1.29 is 36.4 Å². The summed E-state index contributed by atoms with van der Waals surface area (Å²) in [5.41, 5.74) is 0. The number of hydrogen-bond donors (Lipinski definition) is 0. The van der Waals surface area contributed by atoms with E-state index in [1.54, 1.807) is 27.7 Å². The number of allylic oxidation sites excluding steroid dienone is 8. The molecule has 2 nitrogen and oxygen atoms in total. The first-order valence-electron chi connectivity index (χ1n) is 6.22. The van der Waals surface area contributed by atoms with Crippen LogP contribution in [0, 0.1) is 12.2 Å². The molecular weight excluding hydrogens is 315 g/mol. The third-order valence-electron chi connectivity index (χ3n) is 1.17. The van der Waals surface area contributed by atoms with Gasteiger partial charge in [-0.05, 0) is 0 Å². The van der Waals surface area contributed by atoms with Crippen molar-refractivity contribution in [3.63, 3.8) is 0 Å². The first-order valence-corrected chi connectivity index (χ1v) is 6.22. The molecule has 2 rings (SSSR count). The van der Waals surface area contributed by atoms with Gasteiger partial charge in [0.1, 0.15) is 0 Å². The van der Waals surface area contributed by atoms with E-state index in [1.165, 1.54) is 0 Å². The molecule has 0 radical (unpaired) electrons. The number of rotatable bonds is 0. The SMILES string of the molecule is CC(C)[O-].CC(C)[O-].[C-]1=CC=CC1.[C-]1=CC=CC1.[Zr+4]. The molecule has 0 spiro atoms. The average molecular weight is 340 g/mol. The second-order valence-electron chi connectivity index (χ2n) is 4.10. The molecule has 0 bridgehead atoms. The maximum Gasteiger partial charge on any atom is 4.00 e. The van der Waals surface area contributed by atoms with Crippen LogP contribution in [0.15, 0.2) is 36.5 Å². The zero-order chi connectivity index (χ0) is 14.2. The molecule has 0 aromatic rings. The van der Waals surface area contributed by atoms with Crippen LogP contribution >= 0.6 is 0 Å². The summed E-state index contributed by atoms with van der Waals surface area (Å²) in [6.07, 6.45) is 19.2. The third-order valence-corrected chi connectivity index (χ3v) is 1.17. The van der Waals surface area contributed by atoms with Gasteiger partial charge in [0.2, 0.25) is 0 Å². The van der Waals surface area contributed by atoms with E-state index in [4.69, 9.17) is 0 Å². The zero-order valence-corrected chi connectivity index (χ0v) is 14.8. The summed E-state index contributed by atoms with van der Waals surface area (Å²) in [7, 11) is 0. The van der Waals surface area contributed by atoms with E-state index in [2.05, 4.69) is 24.3 Å². The van der Waals surface area contributed by atoms with Gasteiger partial charge in [-0.2, -0.15) is 12.2 Å². The van der Waals surface area contributed by atoms with Crippen molar-refractivity contribution in [2.45, 2.75) is 52.7 Å². The molecule has 104 valence electrons. The Morgan fingerprint density at radius 2 is 1.05 bits per heavy atom. The quantitative estimate of drug-likeness (QED) is 0.635. The smallest absolute Gasteiger partial charge is 0.852 e. The van der Waals surface area contributed by atoms with Crippen molar-refractivity contribution in [1.82, 2.24) is 0 Å². The van der Waals surface area contributed by atoms with E-state index < -0.39 is 12.2 Å². The summed E-state index contributed by atoms with van der Waals surface area (Å²) in [4.78, 5) is 0. The topological polar surface area (TPSA) is 46.1 Å². The summed E-state index contributed by atoms with van der Waals surface area (Å²) in [5, 5.41) is 19.1. The van der Waals surface area contributed by atoms with Crippen molar-refractivity contribution in [3.8, 4) is 0 Å². The molecule has 0 aromatic carbocycles. The maximum atomic E-state index is 9.53. The van der Waals surface area contributed by atoms with Crippen LogP contribution in [0.2, 0.25) is 0 Å². The molecule has 0 saturated carbocycles. The van der Waals surface area contributed by atoms with E-state index in [0.29, 0.717) is 0 Å². The van der Waals surface area contributed by atoms with Gasteiger partial charge < -0.3 is 10.2 Å². The second-order valence-corrected chi connectivity index (χ2v) is 4.10. The van der Waals surface area contributed by atoms with Crippen LogP contribution in [-0.2, 0) is 26.2 Å². The predicted molar refractivity (Wildman–Crippen MR) is 73.4 cm³/mol. The Balaban J connectivity index is -0.000000178. The Hall–Kier alpha value is -0.237. The summed E-state index contributed by atoms with van der Waals surface area (Å²) in [6, 6.07) is 0. The minimum atomic E-state index is -0.417. The molecule has 0 aromatic heterocycles. The molecule has 0 aliphatic heterocycles. The summed E-state index contributed by atoms with van der Waals surface area (Å²) in [5.74, 6) is 0. The van der Waals surface area contributed by atoms with Crippen LogP contribution in [0.5, 0.6) is 0 Å². The first-order chi connectivity index (χ1) is 8.46. The standard InChI is InChI=1S/2C5H5.2C3H7O.Zr/c2*1-2-4-5-3-1;2*1-3(2)4;/h2*1-3H,4H2;2*3H,1-2H3;/q4*-1;+4. The van der Waals surface area contributed by atoms with E-state index in [0.717, 1.165) is 12.8 Å². The molecule has 2 aliphatic carbocycles. The van der Waals surface area contributed by atoms with E-state index >= 15 is 0 Å². The fraction of sp³-hybridized carbons (Fsp3) is 0.500. The second kappa shape index (κ2) is 20.1. The molecule has 0 N–H and O–H groups in total. The van der Waals surface area contributed by atoms with Crippen molar-refractivity contribution in [2.75, 3.05) is 0 Å². The van der Waals surface area contributed by atoms with Crippen LogP contribution in [0.4, 0.5) is 0 Å². The molecule has 0 heterocycles. The van der Waals surface area contributed by atoms with Gasteiger partial charge in [-0.25, -0.2) is 24.3 Å². The Kier molecular flexibility index (Phi) is 25.2. The van der Waals surface area contributed by atoms with Gasteiger partial charge in [-0.1, -0.05) is 27.7 Å². The van der Waals surface area contributed by atoms with Gasteiger partial charge in [-0.15, -0.1) is 25.0 Å². The Bertz CT molecular complexity index is 210. The minimum Gasteiger partial charge on any atom is -0.852 e. The molecule has 19 heavy (non-hydrogen) atoms. The first kappa shape index (κ1) is 23.8. The molecule has 3 heteroatoms. The van der Waals surface area contributed by atoms with Crippen LogP contribution in [0.25, 0.3) is 0 Å². The Morgan fingerprint density at radius 1 is 0.789 bits per heavy atom. The summed E-state index contributed by atoms with van der Waals surface area (Å²) in [6.45, 7) is 6.44. The summed E-state index contributed by atoms with van der Waals surface area (Å²) < 4.78 is 0. The molecular formula is C16H24O2Zr. The third kappa shape index (κ3) is 46.3. The van der Waals surface area contributed by atoms with Crippen molar-refractivity contribution in [2.24, 2.45) is 0 Å². The molecule has 0 saturated heterocycles. The van der Waals surface area contributed by atoms with Crippen LogP contribution in [-0.4, -0.2) is 12.2 Å². The molecule has 2 aliphatic rings. The van der Waals surface area contributed by atoms with Gasteiger partial charge in [-0.3, -0.25) is 12.2 Å². The average Bonchev–Trinajstić information content (AvgIpc) is 2.96. The van der Waals surface area contributed by atoms with E-state index in [9.17, 15) is 10.2 Å².